The molecule has 1 aromatic rings. The van der Waals surface area contributed by atoms with Crippen LogP contribution in [0.2, 0.25) is 0 Å². The van der Waals surface area contributed by atoms with Gasteiger partial charge in [0.1, 0.15) is 5.82 Å². The fourth-order valence-electron chi connectivity index (χ4n) is 3.43. The van der Waals surface area contributed by atoms with Crippen molar-refractivity contribution >= 4 is 5.96 Å². The molecule has 0 aromatic heterocycles. The summed E-state index contributed by atoms with van der Waals surface area (Å²) in [6, 6.07) is 6.65. The lowest BCUT2D eigenvalue weighted by molar-refractivity contribution is 0.138. The predicted molar refractivity (Wildman–Crippen MR) is 96.9 cm³/mol. The number of aliphatic imine (C=N–C) groups is 1. The van der Waals surface area contributed by atoms with Gasteiger partial charge in [-0.1, -0.05) is 25.0 Å². The molecule has 4 nitrogen and oxygen atoms in total. The van der Waals surface area contributed by atoms with Gasteiger partial charge in [-0.3, -0.25) is 4.99 Å². The molecule has 0 atom stereocenters. The number of rotatable bonds is 8. The Morgan fingerprint density at radius 2 is 1.92 bits per heavy atom. The van der Waals surface area contributed by atoms with E-state index in [-0.39, 0.29) is 5.82 Å². The van der Waals surface area contributed by atoms with Crippen molar-refractivity contribution in [2.24, 2.45) is 10.4 Å². The van der Waals surface area contributed by atoms with E-state index >= 15 is 0 Å². The highest BCUT2D eigenvalue weighted by Gasteiger charge is 2.33. The number of methoxy groups -OCH3 is 1. The van der Waals surface area contributed by atoms with Gasteiger partial charge in [0.25, 0.3) is 0 Å². The van der Waals surface area contributed by atoms with Crippen LogP contribution in [0, 0.1) is 11.2 Å². The Balaban J connectivity index is 1.76. The maximum absolute atomic E-state index is 12.9. The Kier molecular flexibility index (Phi) is 7.50. The molecule has 1 fully saturated rings. The van der Waals surface area contributed by atoms with Crippen LogP contribution in [-0.4, -0.2) is 39.8 Å². The molecule has 0 radical (unpaired) electrons. The second-order valence-electron chi connectivity index (χ2n) is 6.68. The van der Waals surface area contributed by atoms with E-state index in [2.05, 4.69) is 15.6 Å². The van der Waals surface area contributed by atoms with Gasteiger partial charge in [-0.25, -0.2) is 4.39 Å². The van der Waals surface area contributed by atoms with E-state index in [4.69, 9.17) is 4.74 Å². The number of nitrogens with zero attached hydrogens (tertiary/aromatic N) is 1. The summed E-state index contributed by atoms with van der Waals surface area (Å²) < 4.78 is 18.2. The quantitative estimate of drug-likeness (QED) is 0.567. The van der Waals surface area contributed by atoms with E-state index in [9.17, 15) is 4.39 Å². The van der Waals surface area contributed by atoms with E-state index in [1.165, 1.54) is 37.8 Å². The highest BCUT2D eigenvalue weighted by atomic mass is 19.1. The molecule has 0 spiro atoms. The fraction of sp³-hybridized carbons (Fsp3) is 0.632. The molecule has 0 heterocycles. The van der Waals surface area contributed by atoms with E-state index in [0.717, 1.165) is 44.1 Å². The van der Waals surface area contributed by atoms with Gasteiger partial charge in [-0.05, 0) is 48.8 Å². The molecule has 5 heteroatoms. The number of halogens is 1. The van der Waals surface area contributed by atoms with Crippen molar-refractivity contribution in [2.75, 3.05) is 33.9 Å². The smallest absolute Gasteiger partial charge is 0.191 e. The maximum Gasteiger partial charge on any atom is 0.191 e. The first kappa shape index (κ1) is 18.7. The molecule has 2 rings (SSSR count). The Morgan fingerprint density at radius 1 is 1.21 bits per heavy atom. The molecule has 24 heavy (non-hydrogen) atoms. The molecular weight excluding hydrogens is 305 g/mol. The summed E-state index contributed by atoms with van der Waals surface area (Å²) in [4.78, 5) is 4.31. The monoisotopic (exact) mass is 335 g/mol. The van der Waals surface area contributed by atoms with Gasteiger partial charge in [0, 0.05) is 33.9 Å². The summed E-state index contributed by atoms with van der Waals surface area (Å²) in [6.07, 6.45) is 7.08. The molecule has 1 aliphatic rings. The van der Waals surface area contributed by atoms with Gasteiger partial charge in [0.05, 0.1) is 0 Å². The molecule has 2 N–H and O–H groups in total. The topological polar surface area (TPSA) is 45.7 Å². The van der Waals surface area contributed by atoms with Crippen molar-refractivity contribution in [3.8, 4) is 0 Å². The normalized spacial score (nSPS) is 17.0. The second kappa shape index (κ2) is 9.62. The Bertz CT molecular complexity index is 510. The second-order valence-corrected chi connectivity index (χ2v) is 6.68. The van der Waals surface area contributed by atoms with Crippen LogP contribution in [0.15, 0.2) is 29.3 Å². The Hall–Kier alpha value is -1.62. The third kappa shape index (κ3) is 5.78. The minimum atomic E-state index is -0.192. The van der Waals surface area contributed by atoms with Gasteiger partial charge in [-0.15, -0.1) is 0 Å². The number of nitrogens with one attached hydrogen (secondary N) is 2. The van der Waals surface area contributed by atoms with Crippen LogP contribution in [0.4, 0.5) is 4.39 Å². The average Bonchev–Trinajstić information content (AvgIpc) is 3.07. The predicted octanol–water partition coefficient (Wildman–Crippen LogP) is 3.13. The molecule has 0 aliphatic heterocycles. The average molecular weight is 335 g/mol. The van der Waals surface area contributed by atoms with Crippen LogP contribution in [0.5, 0.6) is 0 Å². The Morgan fingerprint density at radius 3 is 2.54 bits per heavy atom. The van der Waals surface area contributed by atoms with Crippen molar-refractivity contribution < 1.29 is 9.13 Å². The molecule has 0 saturated heterocycles. The first-order valence-electron chi connectivity index (χ1n) is 8.85. The van der Waals surface area contributed by atoms with Gasteiger partial charge in [-0.2, -0.15) is 0 Å². The van der Waals surface area contributed by atoms with Crippen molar-refractivity contribution in [2.45, 2.75) is 38.5 Å². The summed E-state index contributed by atoms with van der Waals surface area (Å²) in [6.45, 7) is 2.53. The van der Waals surface area contributed by atoms with Gasteiger partial charge in [0.15, 0.2) is 5.96 Å². The molecule has 0 bridgehead atoms. The first-order chi connectivity index (χ1) is 11.7. The minimum Gasteiger partial charge on any atom is -0.385 e. The SMILES string of the molecule is CN=C(NCCc1ccc(F)cc1)NCC1(CCOC)CCCC1. The van der Waals surface area contributed by atoms with Crippen LogP contribution >= 0.6 is 0 Å². The summed E-state index contributed by atoms with van der Waals surface area (Å²) in [5, 5.41) is 6.82. The number of hydrogen-bond acceptors (Lipinski definition) is 2. The first-order valence-corrected chi connectivity index (χ1v) is 8.85. The third-order valence-electron chi connectivity index (χ3n) is 4.97. The number of guanidine groups is 1. The lowest BCUT2D eigenvalue weighted by atomic mass is 9.83. The van der Waals surface area contributed by atoms with E-state index in [0.29, 0.717) is 5.41 Å². The Labute approximate surface area is 144 Å². The van der Waals surface area contributed by atoms with Gasteiger partial charge < -0.3 is 15.4 Å². The van der Waals surface area contributed by atoms with Crippen LogP contribution in [0.1, 0.15) is 37.7 Å². The van der Waals surface area contributed by atoms with Crippen molar-refractivity contribution in [3.05, 3.63) is 35.6 Å². The standard InChI is InChI=1S/C19H30FN3O/c1-21-18(22-13-9-16-5-7-17(20)8-6-16)23-15-19(12-14-24-2)10-3-4-11-19/h5-8H,3-4,9-15H2,1-2H3,(H2,21,22,23). The van der Waals surface area contributed by atoms with E-state index in [1.807, 2.05) is 12.1 Å². The molecule has 1 aromatic carbocycles. The van der Waals surface area contributed by atoms with Crippen LogP contribution in [-0.2, 0) is 11.2 Å². The zero-order valence-corrected chi connectivity index (χ0v) is 14.9. The zero-order chi connectivity index (χ0) is 17.3. The highest BCUT2D eigenvalue weighted by molar-refractivity contribution is 5.79. The lowest BCUT2D eigenvalue weighted by Gasteiger charge is -2.30. The van der Waals surface area contributed by atoms with Crippen molar-refractivity contribution in [3.63, 3.8) is 0 Å². The molecule has 1 aliphatic carbocycles. The molecule has 0 unspecified atom stereocenters. The third-order valence-corrected chi connectivity index (χ3v) is 4.97. The molecule has 1 saturated carbocycles. The zero-order valence-electron chi connectivity index (χ0n) is 14.9. The lowest BCUT2D eigenvalue weighted by Crippen LogP contribution is -2.43. The fourth-order valence-corrected chi connectivity index (χ4v) is 3.43. The van der Waals surface area contributed by atoms with Crippen molar-refractivity contribution in [1.29, 1.82) is 0 Å². The summed E-state index contributed by atoms with van der Waals surface area (Å²) >= 11 is 0. The van der Waals surface area contributed by atoms with Crippen LogP contribution < -0.4 is 10.6 Å². The van der Waals surface area contributed by atoms with E-state index in [1.54, 1.807) is 14.2 Å². The van der Waals surface area contributed by atoms with Gasteiger partial charge >= 0.3 is 0 Å². The van der Waals surface area contributed by atoms with Gasteiger partial charge in [0.2, 0.25) is 0 Å². The molecule has 134 valence electrons. The maximum atomic E-state index is 12.9. The van der Waals surface area contributed by atoms with E-state index < -0.39 is 0 Å². The summed E-state index contributed by atoms with van der Waals surface area (Å²) in [7, 11) is 3.57. The molecular formula is C19H30FN3O. The summed E-state index contributed by atoms with van der Waals surface area (Å²) in [5.74, 6) is 0.642. The van der Waals surface area contributed by atoms with Crippen LogP contribution in [0.3, 0.4) is 0 Å². The highest BCUT2D eigenvalue weighted by Crippen LogP contribution is 2.40. The number of benzene rings is 1. The largest absolute Gasteiger partial charge is 0.385 e. The van der Waals surface area contributed by atoms with Crippen molar-refractivity contribution in [1.82, 2.24) is 10.6 Å². The number of hydrogen-bond donors (Lipinski definition) is 2. The number of ether oxygens (including phenoxy) is 1. The summed E-state index contributed by atoms with van der Waals surface area (Å²) in [5.41, 5.74) is 1.46. The minimum absolute atomic E-state index is 0.192. The van der Waals surface area contributed by atoms with Crippen LogP contribution in [0.25, 0.3) is 0 Å². The molecule has 0 amide bonds.